The van der Waals surface area contributed by atoms with Crippen molar-refractivity contribution in [2.24, 2.45) is 5.73 Å². The van der Waals surface area contributed by atoms with Gasteiger partial charge in [-0.25, -0.2) is 0 Å². The summed E-state index contributed by atoms with van der Waals surface area (Å²) >= 11 is 0. The Kier molecular flexibility index (Phi) is 2.92. The zero-order chi connectivity index (χ0) is 11.0. The fourth-order valence-electron chi connectivity index (χ4n) is 3.20. The van der Waals surface area contributed by atoms with Gasteiger partial charge in [-0.3, -0.25) is 4.90 Å². The highest BCUT2D eigenvalue weighted by atomic mass is 16.7. The van der Waals surface area contributed by atoms with E-state index in [-0.39, 0.29) is 11.9 Å². The molecule has 2 heterocycles. The highest BCUT2D eigenvalue weighted by molar-refractivity contribution is 4.87. The van der Waals surface area contributed by atoms with Gasteiger partial charge in [0.15, 0.2) is 5.79 Å². The Morgan fingerprint density at radius 3 is 2.81 bits per heavy atom. The highest BCUT2D eigenvalue weighted by Crippen LogP contribution is 2.39. The first-order valence-corrected chi connectivity index (χ1v) is 6.55. The number of likely N-dealkylation sites (tertiary alicyclic amines) is 1. The lowest BCUT2D eigenvalue weighted by Crippen LogP contribution is -2.35. The highest BCUT2D eigenvalue weighted by Gasteiger charge is 2.44. The second-order valence-electron chi connectivity index (χ2n) is 5.48. The number of ether oxygens (including phenoxy) is 2. The van der Waals surface area contributed by atoms with E-state index >= 15 is 0 Å². The summed E-state index contributed by atoms with van der Waals surface area (Å²) in [7, 11) is 0. The van der Waals surface area contributed by atoms with E-state index in [4.69, 9.17) is 15.2 Å². The lowest BCUT2D eigenvalue weighted by Gasteiger charge is -2.23. The molecule has 16 heavy (non-hydrogen) atoms. The molecule has 2 aliphatic heterocycles. The van der Waals surface area contributed by atoms with Gasteiger partial charge in [0.05, 0.1) is 12.7 Å². The Morgan fingerprint density at radius 2 is 2.12 bits per heavy atom. The first kappa shape index (κ1) is 11.0. The van der Waals surface area contributed by atoms with E-state index in [1.165, 1.54) is 12.8 Å². The minimum atomic E-state index is -0.202. The molecule has 2 atom stereocenters. The predicted molar refractivity (Wildman–Crippen MR) is 61.1 cm³/mol. The Morgan fingerprint density at radius 1 is 1.31 bits per heavy atom. The summed E-state index contributed by atoms with van der Waals surface area (Å²) in [6.07, 6.45) is 6.07. The molecular formula is C12H22N2O2. The van der Waals surface area contributed by atoms with Crippen molar-refractivity contribution in [1.82, 2.24) is 4.90 Å². The molecule has 0 aromatic heterocycles. The molecule has 1 spiro atoms. The first-order valence-electron chi connectivity index (χ1n) is 6.55. The van der Waals surface area contributed by atoms with Gasteiger partial charge in [0.25, 0.3) is 0 Å². The van der Waals surface area contributed by atoms with Crippen LogP contribution < -0.4 is 5.73 Å². The molecule has 2 N–H and O–H groups in total. The van der Waals surface area contributed by atoms with Crippen LogP contribution in [0, 0.1) is 0 Å². The van der Waals surface area contributed by atoms with E-state index in [1.807, 2.05) is 0 Å². The van der Waals surface area contributed by atoms with Crippen molar-refractivity contribution in [2.75, 3.05) is 26.2 Å². The van der Waals surface area contributed by atoms with Gasteiger partial charge >= 0.3 is 0 Å². The molecular weight excluding hydrogens is 204 g/mol. The average molecular weight is 226 g/mol. The maximum Gasteiger partial charge on any atom is 0.168 e. The third-order valence-electron chi connectivity index (χ3n) is 4.05. The average Bonchev–Trinajstić information content (AvgIpc) is 2.94. The van der Waals surface area contributed by atoms with Crippen LogP contribution in [0.4, 0.5) is 0 Å². The van der Waals surface area contributed by atoms with Crippen molar-refractivity contribution < 1.29 is 9.47 Å². The topological polar surface area (TPSA) is 47.7 Å². The molecule has 3 aliphatic rings. The Balaban J connectivity index is 1.50. The van der Waals surface area contributed by atoms with Gasteiger partial charge in [-0.2, -0.15) is 0 Å². The minimum absolute atomic E-state index is 0.202. The molecule has 3 fully saturated rings. The van der Waals surface area contributed by atoms with Crippen LogP contribution >= 0.6 is 0 Å². The monoisotopic (exact) mass is 226 g/mol. The molecule has 0 amide bonds. The molecule has 0 aromatic carbocycles. The lowest BCUT2D eigenvalue weighted by atomic mass is 10.2. The van der Waals surface area contributed by atoms with Crippen LogP contribution in [0.5, 0.6) is 0 Å². The number of rotatable bonds is 2. The van der Waals surface area contributed by atoms with Crippen LogP contribution in [0.1, 0.15) is 32.1 Å². The van der Waals surface area contributed by atoms with Crippen LogP contribution in [0.2, 0.25) is 0 Å². The van der Waals surface area contributed by atoms with Crippen LogP contribution in [0.25, 0.3) is 0 Å². The van der Waals surface area contributed by atoms with Crippen molar-refractivity contribution in [3.8, 4) is 0 Å². The Bertz CT molecular complexity index is 253. The second kappa shape index (κ2) is 4.26. The summed E-state index contributed by atoms with van der Waals surface area (Å²) in [6.45, 7) is 3.90. The largest absolute Gasteiger partial charge is 0.347 e. The van der Waals surface area contributed by atoms with Crippen LogP contribution in [0.3, 0.4) is 0 Å². The molecule has 3 rings (SSSR count). The third-order valence-corrected chi connectivity index (χ3v) is 4.05. The zero-order valence-corrected chi connectivity index (χ0v) is 9.86. The summed E-state index contributed by atoms with van der Waals surface area (Å²) in [5, 5.41) is 0. The molecule has 1 aliphatic carbocycles. The molecule has 92 valence electrons. The van der Waals surface area contributed by atoms with Gasteiger partial charge in [0.2, 0.25) is 0 Å². The van der Waals surface area contributed by atoms with Crippen molar-refractivity contribution in [3.05, 3.63) is 0 Å². The fourth-order valence-corrected chi connectivity index (χ4v) is 3.20. The van der Waals surface area contributed by atoms with E-state index in [9.17, 15) is 0 Å². The van der Waals surface area contributed by atoms with Crippen LogP contribution in [-0.4, -0.2) is 49.1 Å². The molecule has 0 bridgehead atoms. The smallest absolute Gasteiger partial charge is 0.168 e. The van der Waals surface area contributed by atoms with Crippen molar-refractivity contribution >= 4 is 0 Å². The van der Waals surface area contributed by atoms with Crippen molar-refractivity contribution in [1.29, 1.82) is 0 Å². The number of nitrogens with two attached hydrogens (primary N) is 1. The summed E-state index contributed by atoms with van der Waals surface area (Å²) in [4.78, 5) is 2.41. The van der Waals surface area contributed by atoms with E-state index in [2.05, 4.69) is 4.90 Å². The van der Waals surface area contributed by atoms with Crippen molar-refractivity contribution in [3.63, 3.8) is 0 Å². The maximum atomic E-state index is 6.10. The molecule has 1 saturated carbocycles. The first-order chi connectivity index (χ1) is 7.76. The fraction of sp³-hybridized carbons (Fsp3) is 1.00. The summed E-state index contributed by atoms with van der Waals surface area (Å²) in [6, 6.07) is 0.364. The molecule has 2 saturated heterocycles. The quantitative estimate of drug-likeness (QED) is 0.753. The normalized spacial score (nSPS) is 38.8. The van der Waals surface area contributed by atoms with Gasteiger partial charge in [-0.05, 0) is 25.8 Å². The van der Waals surface area contributed by atoms with E-state index < -0.39 is 0 Å². The number of hydrogen-bond donors (Lipinski definition) is 1. The van der Waals surface area contributed by atoms with Crippen molar-refractivity contribution in [2.45, 2.75) is 50.0 Å². The SMILES string of the molecule is N[C@@H]1CCN(CC2COC3(CCCC3)O2)C1. The number of hydrogen-bond acceptors (Lipinski definition) is 4. The maximum absolute atomic E-state index is 6.10. The lowest BCUT2D eigenvalue weighted by molar-refractivity contribution is -0.163. The Labute approximate surface area is 97.1 Å². The molecule has 4 nitrogen and oxygen atoms in total. The van der Waals surface area contributed by atoms with Crippen LogP contribution in [-0.2, 0) is 9.47 Å². The van der Waals surface area contributed by atoms with E-state index in [0.29, 0.717) is 6.04 Å². The second-order valence-corrected chi connectivity index (χ2v) is 5.48. The van der Waals surface area contributed by atoms with Gasteiger partial charge < -0.3 is 15.2 Å². The number of nitrogens with zero attached hydrogens (tertiary/aromatic N) is 1. The predicted octanol–water partition coefficient (Wildman–Crippen LogP) is 0.705. The van der Waals surface area contributed by atoms with E-state index in [0.717, 1.165) is 45.5 Å². The summed E-state index contributed by atoms with van der Waals surface area (Å²) in [5.41, 5.74) is 5.90. The standard InChI is InChI=1S/C12H22N2O2/c13-10-3-6-14(7-10)8-11-9-15-12(16-11)4-1-2-5-12/h10-11H,1-9,13H2/t10-,11?/m1/s1. The van der Waals surface area contributed by atoms with Crippen LogP contribution in [0.15, 0.2) is 0 Å². The van der Waals surface area contributed by atoms with Gasteiger partial charge in [0, 0.05) is 32.0 Å². The Hall–Kier alpha value is -0.160. The van der Waals surface area contributed by atoms with E-state index in [1.54, 1.807) is 0 Å². The summed E-state index contributed by atoms with van der Waals surface area (Å²) in [5.74, 6) is -0.202. The van der Waals surface area contributed by atoms with Gasteiger partial charge in [0.1, 0.15) is 0 Å². The summed E-state index contributed by atoms with van der Waals surface area (Å²) < 4.78 is 12.0. The molecule has 0 aromatic rings. The van der Waals surface area contributed by atoms with Gasteiger partial charge in [-0.1, -0.05) is 0 Å². The minimum Gasteiger partial charge on any atom is -0.347 e. The molecule has 0 radical (unpaired) electrons. The third kappa shape index (κ3) is 2.12. The zero-order valence-electron chi connectivity index (χ0n) is 9.86. The molecule has 4 heteroatoms. The van der Waals surface area contributed by atoms with Gasteiger partial charge in [-0.15, -0.1) is 0 Å². The molecule has 1 unspecified atom stereocenters.